The van der Waals surface area contributed by atoms with Crippen molar-refractivity contribution >= 4 is 33.5 Å². The normalized spacial score (nSPS) is 11.0. The van der Waals surface area contributed by atoms with Gasteiger partial charge in [-0.15, -0.1) is 22.7 Å². The zero-order chi connectivity index (χ0) is 16.5. The number of halogens is 1. The van der Waals surface area contributed by atoms with Gasteiger partial charge in [-0.05, 0) is 35.7 Å². The summed E-state index contributed by atoms with van der Waals surface area (Å²) in [6, 6.07) is 10.1. The van der Waals surface area contributed by atoms with Crippen LogP contribution in [0.4, 0.5) is 4.39 Å². The molecule has 3 heterocycles. The van der Waals surface area contributed by atoms with E-state index in [9.17, 15) is 9.18 Å². The number of fused-ring (bicyclic) bond motifs is 1. The van der Waals surface area contributed by atoms with Gasteiger partial charge in [-0.25, -0.2) is 9.37 Å². The fourth-order valence-corrected chi connectivity index (χ4v) is 3.88. The summed E-state index contributed by atoms with van der Waals surface area (Å²) in [5.41, 5.74) is 2.08. The summed E-state index contributed by atoms with van der Waals surface area (Å²) in [6.07, 6.45) is 1.80. The number of amides is 1. The van der Waals surface area contributed by atoms with Gasteiger partial charge in [0.05, 0.1) is 12.2 Å². The zero-order valence-electron chi connectivity index (χ0n) is 12.4. The Morgan fingerprint density at radius 3 is 2.79 bits per heavy atom. The van der Waals surface area contributed by atoms with Gasteiger partial charge in [0.25, 0.3) is 5.91 Å². The van der Waals surface area contributed by atoms with Gasteiger partial charge in [-0.1, -0.05) is 6.07 Å². The molecule has 0 atom stereocenters. The van der Waals surface area contributed by atoms with E-state index in [2.05, 4.69) is 10.3 Å². The molecular formula is C17H12FN3OS2. The lowest BCUT2D eigenvalue weighted by Crippen LogP contribution is -2.23. The minimum atomic E-state index is -0.284. The Bertz CT molecular complexity index is 987. The van der Waals surface area contributed by atoms with Crippen molar-refractivity contribution in [1.82, 2.24) is 14.7 Å². The van der Waals surface area contributed by atoms with Crippen LogP contribution in [0, 0.1) is 5.82 Å². The molecule has 0 aliphatic heterocycles. The molecule has 0 saturated heterocycles. The average molecular weight is 357 g/mol. The van der Waals surface area contributed by atoms with Crippen molar-refractivity contribution in [2.45, 2.75) is 6.54 Å². The minimum Gasteiger partial charge on any atom is -0.346 e. The number of hydrogen-bond donors (Lipinski definition) is 1. The van der Waals surface area contributed by atoms with E-state index in [0.29, 0.717) is 17.9 Å². The quantitative estimate of drug-likeness (QED) is 0.595. The second kappa shape index (κ2) is 6.18. The number of imidazole rings is 1. The maximum Gasteiger partial charge on any atom is 0.269 e. The molecule has 3 aromatic heterocycles. The Balaban J connectivity index is 1.60. The van der Waals surface area contributed by atoms with Crippen LogP contribution < -0.4 is 5.32 Å². The van der Waals surface area contributed by atoms with Crippen LogP contribution in [0.1, 0.15) is 15.4 Å². The zero-order valence-corrected chi connectivity index (χ0v) is 14.0. The number of aromatic nitrogens is 2. The van der Waals surface area contributed by atoms with Crippen LogP contribution in [0.5, 0.6) is 0 Å². The molecule has 0 spiro atoms. The van der Waals surface area contributed by atoms with Gasteiger partial charge in [0, 0.05) is 22.0 Å². The Hall–Kier alpha value is -2.51. The lowest BCUT2D eigenvalue weighted by Gasteiger charge is -2.02. The summed E-state index contributed by atoms with van der Waals surface area (Å²) >= 11 is 3.01. The standard InChI is InChI=1S/C17H12FN3OS2/c18-12-5-3-11(4-6-12)14-9-21-15(10-24-17(21)20-14)16(22)19-8-13-2-1-7-23-13/h1-7,9-10H,8H2,(H,19,22). The third kappa shape index (κ3) is 2.83. The molecule has 0 radical (unpaired) electrons. The second-order valence-corrected chi connectivity index (χ2v) is 7.04. The summed E-state index contributed by atoms with van der Waals surface area (Å²) < 4.78 is 14.8. The number of rotatable bonds is 4. The van der Waals surface area contributed by atoms with Crippen LogP contribution in [-0.4, -0.2) is 15.3 Å². The number of hydrogen-bond acceptors (Lipinski definition) is 4. The van der Waals surface area contributed by atoms with Gasteiger partial charge in [0.1, 0.15) is 11.5 Å². The highest BCUT2D eigenvalue weighted by Gasteiger charge is 2.15. The first-order valence-corrected chi connectivity index (χ1v) is 9.00. The van der Waals surface area contributed by atoms with Crippen molar-refractivity contribution in [2.24, 2.45) is 0 Å². The van der Waals surface area contributed by atoms with Gasteiger partial charge >= 0.3 is 0 Å². The number of thiazole rings is 1. The van der Waals surface area contributed by atoms with Gasteiger partial charge in [-0.3, -0.25) is 9.20 Å². The van der Waals surface area contributed by atoms with Crippen molar-refractivity contribution in [3.05, 3.63) is 69.7 Å². The maximum atomic E-state index is 13.0. The third-order valence-electron chi connectivity index (χ3n) is 3.58. The van der Waals surface area contributed by atoms with Crippen LogP contribution in [0.2, 0.25) is 0 Å². The molecule has 4 rings (SSSR count). The molecule has 24 heavy (non-hydrogen) atoms. The molecule has 0 bridgehead atoms. The summed E-state index contributed by atoms with van der Waals surface area (Å²) in [6.45, 7) is 0.507. The predicted molar refractivity (Wildman–Crippen MR) is 94.0 cm³/mol. The third-order valence-corrected chi connectivity index (χ3v) is 5.30. The number of nitrogens with zero attached hydrogens (tertiary/aromatic N) is 2. The molecule has 1 aromatic carbocycles. The molecular weight excluding hydrogens is 345 g/mol. The topological polar surface area (TPSA) is 46.4 Å². The van der Waals surface area contributed by atoms with Crippen molar-refractivity contribution < 1.29 is 9.18 Å². The van der Waals surface area contributed by atoms with E-state index >= 15 is 0 Å². The maximum absolute atomic E-state index is 13.0. The van der Waals surface area contributed by atoms with Gasteiger partial charge in [0.2, 0.25) is 0 Å². The lowest BCUT2D eigenvalue weighted by molar-refractivity contribution is 0.0945. The van der Waals surface area contributed by atoms with Gasteiger partial charge in [0.15, 0.2) is 4.96 Å². The number of thiophene rings is 1. The smallest absolute Gasteiger partial charge is 0.269 e. The SMILES string of the molecule is O=C(NCc1cccs1)c1csc2nc(-c3ccc(F)cc3)cn12. The Labute approximate surface area is 145 Å². The van der Waals surface area contributed by atoms with Crippen molar-refractivity contribution in [3.63, 3.8) is 0 Å². The van der Waals surface area contributed by atoms with E-state index in [1.165, 1.54) is 23.5 Å². The fourth-order valence-electron chi connectivity index (χ4n) is 2.38. The lowest BCUT2D eigenvalue weighted by atomic mass is 10.2. The van der Waals surface area contributed by atoms with Crippen LogP contribution in [0.15, 0.2) is 53.4 Å². The van der Waals surface area contributed by atoms with Crippen LogP contribution >= 0.6 is 22.7 Å². The Morgan fingerprint density at radius 2 is 2.04 bits per heavy atom. The van der Waals surface area contributed by atoms with Crippen LogP contribution in [0.25, 0.3) is 16.2 Å². The van der Waals surface area contributed by atoms with Crippen LogP contribution in [0.3, 0.4) is 0 Å². The number of benzene rings is 1. The predicted octanol–water partition coefficient (Wildman–Crippen LogP) is 4.19. The molecule has 4 aromatic rings. The number of carbonyl (C=O) groups is 1. The highest BCUT2D eigenvalue weighted by atomic mass is 32.1. The molecule has 7 heteroatoms. The molecule has 120 valence electrons. The van der Waals surface area contributed by atoms with Crippen molar-refractivity contribution in [1.29, 1.82) is 0 Å². The van der Waals surface area contributed by atoms with Gasteiger partial charge < -0.3 is 5.32 Å². The molecule has 0 aliphatic carbocycles. The molecule has 0 saturated carbocycles. The number of carbonyl (C=O) groups excluding carboxylic acids is 1. The summed E-state index contributed by atoms with van der Waals surface area (Å²) in [4.78, 5) is 18.8. The van der Waals surface area contributed by atoms with E-state index in [1.54, 1.807) is 39.4 Å². The first kappa shape index (κ1) is 15.0. The highest BCUT2D eigenvalue weighted by Crippen LogP contribution is 2.24. The van der Waals surface area contributed by atoms with Crippen molar-refractivity contribution in [3.8, 4) is 11.3 Å². The Morgan fingerprint density at radius 1 is 1.21 bits per heavy atom. The largest absolute Gasteiger partial charge is 0.346 e. The first-order valence-electron chi connectivity index (χ1n) is 7.24. The van der Waals surface area contributed by atoms with Gasteiger partial charge in [-0.2, -0.15) is 0 Å². The molecule has 1 amide bonds. The second-order valence-electron chi connectivity index (χ2n) is 5.17. The van der Waals surface area contributed by atoms with E-state index < -0.39 is 0 Å². The van der Waals surface area contributed by atoms with Crippen molar-refractivity contribution in [2.75, 3.05) is 0 Å². The van der Waals surface area contributed by atoms with E-state index in [1.807, 2.05) is 17.5 Å². The summed E-state index contributed by atoms with van der Waals surface area (Å²) in [5.74, 6) is -0.425. The average Bonchev–Trinajstić information content (AvgIpc) is 3.30. The van der Waals surface area contributed by atoms with E-state index in [0.717, 1.165) is 15.4 Å². The molecule has 0 unspecified atom stereocenters. The molecule has 0 fully saturated rings. The highest BCUT2D eigenvalue weighted by molar-refractivity contribution is 7.15. The molecule has 1 N–H and O–H groups in total. The first-order chi connectivity index (χ1) is 11.7. The number of nitrogens with one attached hydrogen (secondary N) is 1. The minimum absolute atomic E-state index is 0.141. The fraction of sp³-hybridized carbons (Fsp3) is 0.0588. The monoisotopic (exact) mass is 357 g/mol. The molecule has 4 nitrogen and oxygen atoms in total. The molecule has 0 aliphatic rings. The van der Waals surface area contributed by atoms with E-state index in [-0.39, 0.29) is 11.7 Å². The van der Waals surface area contributed by atoms with E-state index in [4.69, 9.17) is 0 Å². The Kier molecular flexibility index (Phi) is 3.87. The van der Waals surface area contributed by atoms with Crippen LogP contribution in [-0.2, 0) is 6.54 Å². The summed E-state index contributed by atoms with van der Waals surface area (Å²) in [7, 11) is 0. The summed E-state index contributed by atoms with van der Waals surface area (Å²) in [5, 5.41) is 6.69.